The number of ether oxygens (including phenoxy) is 1. The number of para-hydroxylation sites is 1. The van der Waals surface area contributed by atoms with Gasteiger partial charge in [0.2, 0.25) is 0 Å². The summed E-state index contributed by atoms with van der Waals surface area (Å²) >= 11 is 1.77. The maximum Gasteiger partial charge on any atom is 0.132 e. The molecule has 2 rings (SSSR count). The summed E-state index contributed by atoms with van der Waals surface area (Å²) in [4.78, 5) is 20.3. The lowest BCUT2D eigenvalue weighted by atomic mass is 10.1. The zero-order chi connectivity index (χ0) is 19.5. The maximum absolute atomic E-state index is 8.93. The molecule has 0 spiro atoms. The van der Waals surface area contributed by atoms with Crippen molar-refractivity contribution < 1.29 is 24.5 Å². The van der Waals surface area contributed by atoms with Gasteiger partial charge in [0.15, 0.2) is 0 Å². The van der Waals surface area contributed by atoms with Crippen molar-refractivity contribution in [1.82, 2.24) is 5.32 Å². The SMILES string of the molecule is CNC(C)Cc1ccccc1Sc1ccccc1OC.O=C([O-])C(=O)[O-]. The first-order valence-corrected chi connectivity index (χ1v) is 8.69. The van der Waals surface area contributed by atoms with Crippen molar-refractivity contribution in [1.29, 1.82) is 0 Å². The van der Waals surface area contributed by atoms with E-state index in [0.717, 1.165) is 17.1 Å². The summed E-state index contributed by atoms with van der Waals surface area (Å²) in [7, 11) is 3.72. The summed E-state index contributed by atoms with van der Waals surface area (Å²) in [5.41, 5.74) is 1.37. The molecule has 0 saturated carbocycles. The summed E-state index contributed by atoms with van der Waals surface area (Å²) in [6.45, 7) is 2.20. The molecule has 0 aliphatic rings. The molecular weight excluding hydrogens is 354 g/mol. The molecule has 0 bridgehead atoms. The van der Waals surface area contributed by atoms with Gasteiger partial charge in [0.1, 0.15) is 5.75 Å². The highest BCUT2D eigenvalue weighted by atomic mass is 32.2. The molecule has 2 aromatic carbocycles. The van der Waals surface area contributed by atoms with Crippen LogP contribution in [-0.2, 0) is 16.0 Å². The summed E-state index contributed by atoms with van der Waals surface area (Å²) in [5.74, 6) is -3.45. The number of carbonyl (C=O) groups excluding carboxylic acids is 2. The van der Waals surface area contributed by atoms with E-state index < -0.39 is 11.9 Å². The number of nitrogens with one attached hydrogen (secondary N) is 1. The molecule has 0 aromatic heterocycles. The lowest BCUT2D eigenvalue weighted by molar-refractivity contribution is -0.345. The monoisotopic (exact) mass is 375 g/mol. The average Bonchev–Trinajstić information content (AvgIpc) is 2.64. The van der Waals surface area contributed by atoms with E-state index in [4.69, 9.17) is 24.5 Å². The summed E-state index contributed by atoms with van der Waals surface area (Å²) in [6, 6.07) is 17.2. The van der Waals surface area contributed by atoms with Crippen molar-refractivity contribution >= 4 is 23.7 Å². The van der Waals surface area contributed by atoms with Crippen molar-refractivity contribution in [3.63, 3.8) is 0 Å². The molecule has 0 aliphatic heterocycles. The second-order valence-electron chi connectivity index (χ2n) is 5.33. The molecule has 2 aromatic rings. The van der Waals surface area contributed by atoms with E-state index >= 15 is 0 Å². The first kappa shape index (κ1) is 21.5. The number of likely N-dealkylation sites (N-methyl/N-ethyl adjacent to an activating group) is 1. The minimum absolute atomic E-state index is 0.467. The largest absolute Gasteiger partial charge is 0.543 e. The van der Waals surface area contributed by atoms with E-state index in [1.54, 1.807) is 18.9 Å². The zero-order valence-electron chi connectivity index (χ0n) is 14.9. The molecule has 0 aliphatic carbocycles. The lowest BCUT2D eigenvalue weighted by Crippen LogP contribution is -2.42. The van der Waals surface area contributed by atoms with Gasteiger partial charge < -0.3 is 29.9 Å². The number of rotatable bonds is 6. The molecule has 7 heteroatoms. The van der Waals surface area contributed by atoms with Crippen LogP contribution in [0, 0.1) is 0 Å². The Morgan fingerprint density at radius 1 is 1.04 bits per heavy atom. The maximum atomic E-state index is 8.93. The highest BCUT2D eigenvalue weighted by molar-refractivity contribution is 7.99. The van der Waals surface area contributed by atoms with Crippen LogP contribution in [0.2, 0.25) is 0 Å². The van der Waals surface area contributed by atoms with E-state index in [-0.39, 0.29) is 0 Å². The van der Waals surface area contributed by atoms with Crippen LogP contribution in [-0.4, -0.2) is 32.1 Å². The summed E-state index contributed by atoms with van der Waals surface area (Å²) in [6.07, 6.45) is 1.02. The predicted octanol–water partition coefficient (Wildman–Crippen LogP) is 0.483. The third-order valence-corrected chi connectivity index (χ3v) is 4.62. The molecular formula is C19H21NO5S-2. The van der Waals surface area contributed by atoms with Crippen LogP contribution >= 0.6 is 11.8 Å². The number of carbonyl (C=O) groups is 2. The van der Waals surface area contributed by atoms with E-state index in [9.17, 15) is 0 Å². The Morgan fingerprint density at radius 2 is 1.58 bits per heavy atom. The number of aliphatic carboxylic acids is 2. The molecule has 26 heavy (non-hydrogen) atoms. The van der Waals surface area contributed by atoms with Crippen LogP contribution in [0.4, 0.5) is 0 Å². The summed E-state index contributed by atoms with van der Waals surface area (Å²) in [5, 5.41) is 21.1. The Morgan fingerprint density at radius 3 is 2.12 bits per heavy atom. The first-order chi connectivity index (χ1) is 12.4. The normalized spacial score (nSPS) is 11.0. The topological polar surface area (TPSA) is 102 Å². The molecule has 0 amide bonds. The van der Waals surface area contributed by atoms with Crippen LogP contribution < -0.4 is 20.3 Å². The van der Waals surface area contributed by atoms with Crippen molar-refractivity contribution in [3.05, 3.63) is 54.1 Å². The predicted molar refractivity (Wildman–Crippen MR) is 95.8 cm³/mol. The lowest BCUT2D eigenvalue weighted by Gasteiger charge is -2.14. The third-order valence-electron chi connectivity index (χ3n) is 3.45. The minimum Gasteiger partial charge on any atom is -0.543 e. The number of carboxylic acids is 2. The van der Waals surface area contributed by atoms with Crippen molar-refractivity contribution in [3.8, 4) is 5.75 Å². The Kier molecular flexibility index (Phi) is 9.25. The number of benzene rings is 2. The molecule has 6 nitrogen and oxygen atoms in total. The van der Waals surface area contributed by atoms with Crippen LogP contribution in [0.5, 0.6) is 5.75 Å². The van der Waals surface area contributed by atoms with Crippen molar-refractivity contribution in [2.75, 3.05) is 14.2 Å². The standard InChI is InChI=1S/C17H21NOS.C2H2O4/c1-13(18-2)12-14-8-4-6-10-16(14)20-17-11-7-5-9-15(17)19-3;3-1(4)2(5)6/h4-11,13,18H,12H2,1-3H3;(H,3,4)(H,5,6)/p-2. The zero-order valence-corrected chi connectivity index (χ0v) is 15.7. The second-order valence-corrected chi connectivity index (χ2v) is 6.41. The van der Waals surface area contributed by atoms with Gasteiger partial charge in [-0.1, -0.05) is 42.1 Å². The highest BCUT2D eigenvalue weighted by Gasteiger charge is 2.09. The van der Waals surface area contributed by atoms with Crippen molar-refractivity contribution in [2.45, 2.75) is 29.2 Å². The smallest absolute Gasteiger partial charge is 0.132 e. The van der Waals surface area contributed by atoms with Gasteiger partial charge in [0.25, 0.3) is 0 Å². The van der Waals surface area contributed by atoms with E-state index in [1.807, 2.05) is 25.2 Å². The van der Waals surface area contributed by atoms with Gasteiger partial charge in [0.05, 0.1) is 23.9 Å². The molecule has 0 radical (unpaired) electrons. The average molecular weight is 375 g/mol. The number of hydrogen-bond donors (Lipinski definition) is 1. The van der Waals surface area contributed by atoms with E-state index in [2.05, 4.69) is 42.6 Å². The Balaban J connectivity index is 0.000000487. The second kappa shape index (κ2) is 11.2. The van der Waals surface area contributed by atoms with Crippen molar-refractivity contribution in [2.24, 2.45) is 0 Å². The Labute approximate surface area is 157 Å². The molecule has 140 valence electrons. The van der Waals surface area contributed by atoms with Gasteiger partial charge in [-0.2, -0.15) is 0 Å². The molecule has 1 atom stereocenters. The van der Waals surface area contributed by atoms with Gasteiger partial charge in [-0.3, -0.25) is 0 Å². The molecule has 1 N–H and O–H groups in total. The number of hydrogen-bond acceptors (Lipinski definition) is 7. The van der Waals surface area contributed by atoms with Gasteiger partial charge >= 0.3 is 0 Å². The molecule has 0 fully saturated rings. The Bertz CT molecular complexity index is 723. The van der Waals surface area contributed by atoms with Gasteiger partial charge in [-0.25, -0.2) is 0 Å². The quantitative estimate of drug-likeness (QED) is 0.733. The van der Waals surface area contributed by atoms with Gasteiger partial charge in [-0.15, -0.1) is 0 Å². The number of carboxylic acid groups (broad SMARTS) is 2. The first-order valence-electron chi connectivity index (χ1n) is 7.87. The highest BCUT2D eigenvalue weighted by Crippen LogP contribution is 2.36. The fourth-order valence-corrected chi connectivity index (χ4v) is 3.09. The van der Waals surface area contributed by atoms with E-state index in [0.29, 0.717) is 6.04 Å². The molecule has 0 heterocycles. The van der Waals surface area contributed by atoms with Crippen LogP contribution in [0.3, 0.4) is 0 Å². The molecule has 0 saturated heterocycles. The minimum atomic E-state index is -2.19. The molecule has 1 unspecified atom stereocenters. The third kappa shape index (κ3) is 7.16. The Hall–Kier alpha value is -2.51. The fourth-order valence-electron chi connectivity index (χ4n) is 2.03. The van der Waals surface area contributed by atoms with E-state index in [1.165, 1.54) is 10.5 Å². The van der Waals surface area contributed by atoms with Crippen LogP contribution in [0.1, 0.15) is 12.5 Å². The van der Waals surface area contributed by atoms with Crippen LogP contribution in [0.15, 0.2) is 58.3 Å². The fraction of sp³-hybridized carbons (Fsp3) is 0.263. The summed E-state index contributed by atoms with van der Waals surface area (Å²) < 4.78 is 5.43. The van der Waals surface area contributed by atoms with Gasteiger partial charge in [-0.05, 0) is 44.2 Å². The number of methoxy groups -OCH3 is 1. The van der Waals surface area contributed by atoms with Gasteiger partial charge in [0, 0.05) is 10.9 Å². The van der Waals surface area contributed by atoms with Crippen LogP contribution in [0.25, 0.3) is 0 Å².